The Morgan fingerprint density at radius 1 is 1.33 bits per heavy atom. The van der Waals surface area contributed by atoms with Crippen LogP contribution in [0, 0.1) is 13.8 Å². The molecular weight excluding hydrogens is 322 g/mol. The SMILES string of the molecule is CCOC(=O)C1=C(C)NC2=C(C(=O)CCC2)[C@@H]1c1cc(C)sc1C. The average molecular weight is 345 g/mol. The monoisotopic (exact) mass is 345 g/mol. The lowest BCUT2D eigenvalue weighted by molar-refractivity contribution is -0.138. The van der Waals surface area contributed by atoms with Crippen LogP contribution in [0.25, 0.3) is 0 Å². The Kier molecular flexibility index (Phi) is 4.63. The van der Waals surface area contributed by atoms with Crippen molar-refractivity contribution >= 4 is 23.1 Å². The van der Waals surface area contributed by atoms with Gasteiger partial charge < -0.3 is 10.1 Å². The third-order valence-electron chi connectivity index (χ3n) is 4.66. The van der Waals surface area contributed by atoms with E-state index in [1.807, 2.05) is 6.92 Å². The van der Waals surface area contributed by atoms with E-state index in [4.69, 9.17) is 4.74 Å². The van der Waals surface area contributed by atoms with Gasteiger partial charge in [-0.1, -0.05) is 0 Å². The molecule has 1 N–H and O–H groups in total. The lowest BCUT2D eigenvalue weighted by Crippen LogP contribution is -2.34. The molecular formula is C19H23NO3S. The predicted octanol–water partition coefficient (Wildman–Crippen LogP) is 3.90. The van der Waals surface area contributed by atoms with Crippen LogP contribution in [0.1, 0.15) is 54.3 Å². The highest BCUT2D eigenvalue weighted by atomic mass is 32.1. The highest BCUT2D eigenvalue weighted by Crippen LogP contribution is 2.44. The van der Waals surface area contributed by atoms with Gasteiger partial charge in [0.05, 0.1) is 12.2 Å². The third-order valence-corrected chi connectivity index (χ3v) is 5.64. The maximum absolute atomic E-state index is 12.7. The number of hydrogen-bond acceptors (Lipinski definition) is 5. The normalized spacial score (nSPS) is 20.8. The van der Waals surface area contributed by atoms with Crippen molar-refractivity contribution in [2.24, 2.45) is 0 Å². The largest absolute Gasteiger partial charge is 0.463 e. The first kappa shape index (κ1) is 17.0. The van der Waals surface area contributed by atoms with E-state index in [1.165, 1.54) is 4.88 Å². The number of allylic oxidation sites excluding steroid dienone is 3. The molecule has 0 bridgehead atoms. The molecule has 2 heterocycles. The summed E-state index contributed by atoms with van der Waals surface area (Å²) < 4.78 is 5.30. The van der Waals surface area contributed by atoms with Crippen molar-refractivity contribution in [1.82, 2.24) is 5.32 Å². The molecule has 0 radical (unpaired) electrons. The minimum Gasteiger partial charge on any atom is -0.463 e. The zero-order valence-electron chi connectivity index (χ0n) is 14.6. The molecule has 0 amide bonds. The van der Waals surface area contributed by atoms with Crippen LogP contribution in [-0.2, 0) is 14.3 Å². The summed E-state index contributed by atoms with van der Waals surface area (Å²) in [6.07, 6.45) is 2.27. The van der Waals surface area contributed by atoms with Crippen molar-refractivity contribution in [3.8, 4) is 0 Å². The molecule has 1 aliphatic heterocycles. The summed E-state index contributed by atoms with van der Waals surface area (Å²) in [6.45, 7) is 8.14. The van der Waals surface area contributed by atoms with Gasteiger partial charge in [0.1, 0.15) is 0 Å². The summed E-state index contributed by atoms with van der Waals surface area (Å²) in [4.78, 5) is 27.7. The summed E-state index contributed by atoms with van der Waals surface area (Å²) in [5, 5.41) is 3.31. The van der Waals surface area contributed by atoms with Crippen LogP contribution >= 0.6 is 11.3 Å². The molecule has 0 spiro atoms. The summed E-state index contributed by atoms with van der Waals surface area (Å²) in [5.41, 5.74) is 4.17. The van der Waals surface area contributed by atoms with Crippen molar-refractivity contribution < 1.29 is 14.3 Å². The molecule has 1 atom stereocenters. The molecule has 1 aromatic heterocycles. The number of esters is 1. The number of nitrogens with one attached hydrogen (secondary N) is 1. The van der Waals surface area contributed by atoms with Crippen LogP contribution in [-0.4, -0.2) is 18.4 Å². The van der Waals surface area contributed by atoms with Crippen LogP contribution in [0.2, 0.25) is 0 Å². The maximum Gasteiger partial charge on any atom is 0.336 e. The maximum atomic E-state index is 12.7. The van der Waals surface area contributed by atoms with Crippen LogP contribution in [0.5, 0.6) is 0 Å². The molecule has 0 saturated carbocycles. The number of rotatable bonds is 3. The molecule has 0 unspecified atom stereocenters. The fourth-order valence-electron chi connectivity index (χ4n) is 3.71. The van der Waals surface area contributed by atoms with Gasteiger partial charge in [0.15, 0.2) is 5.78 Å². The van der Waals surface area contributed by atoms with Crippen molar-refractivity contribution in [3.05, 3.63) is 43.9 Å². The Bertz CT molecular complexity index is 770. The molecule has 0 fully saturated rings. The Labute approximate surface area is 146 Å². The molecule has 0 aromatic carbocycles. The first-order chi connectivity index (χ1) is 11.4. The Morgan fingerprint density at radius 2 is 2.08 bits per heavy atom. The van der Waals surface area contributed by atoms with E-state index < -0.39 is 0 Å². The Balaban J connectivity index is 2.19. The molecule has 3 rings (SSSR count). The standard InChI is InChI=1S/C19H23NO3S/c1-5-23-19(22)16-11(3)20-14-7-6-8-15(21)18(14)17(16)13-9-10(2)24-12(13)4/h9,17,20H,5-8H2,1-4H3/t17-/m1/s1. The fourth-order valence-corrected chi connectivity index (χ4v) is 4.67. The molecule has 1 aromatic rings. The molecule has 0 saturated heterocycles. The Morgan fingerprint density at radius 3 is 2.71 bits per heavy atom. The fraction of sp³-hybridized carbons (Fsp3) is 0.474. The van der Waals surface area contributed by atoms with Crippen molar-refractivity contribution in [2.75, 3.05) is 6.61 Å². The van der Waals surface area contributed by atoms with Crippen LogP contribution in [0.4, 0.5) is 0 Å². The van der Waals surface area contributed by atoms with E-state index in [0.29, 0.717) is 18.6 Å². The van der Waals surface area contributed by atoms with Crippen molar-refractivity contribution in [2.45, 2.75) is 52.9 Å². The second kappa shape index (κ2) is 6.55. The average Bonchev–Trinajstić information content (AvgIpc) is 2.84. The first-order valence-corrected chi connectivity index (χ1v) is 9.23. The van der Waals surface area contributed by atoms with Gasteiger partial charge >= 0.3 is 5.97 Å². The van der Waals surface area contributed by atoms with Gasteiger partial charge in [0.25, 0.3) is 0 Å². The second-order valence-electron chi connectivity index (χ2n) is 6.35. The van der Waals surface area contributed by atoms with Crippen molar-refractivity contribution in [3.63, 3.8) is 0 Å². The van der Waals surface area contributed by atoms with Gasteiger partial charge in [-0.15, -0.1) is 11.3 Å². The van der Waals surface area contributed by atoms with Crippen LogP contribution in [0.3, 0.4) is 0 Å². The lowest BCUT2D eigenvalue weighted by atomic mass is 9.75. The van der Waals surface area contributed by atoms with Gasteiger partial charge in [0.2, 0.25) is 0 Å². The van der Waals surface area contributed by atoms with E-state index in [-0.39, 0.29) is 17.7 Å². The molecule has 4 nitrogen and oxygen atoms in total. The smallest absolute Gasteiger partial charge is 0.336 e. The van der Waals surface area contributed by atoms with E-state index in [0.717, 1.165) is 40.2 Å². The number of aryl methyl sites for hydroxylation is 2. The molecule has 5 heteroatoms. The van der Waals surface area contributed by atoms with Crippen LogP contribution < -0.4 is 5.32 Å². The predicted molar refractivity (Wildman–Crippen MR) is 94.9 cm³/mol. The van der Waals surface area contributed by atoms with Gasteiger partial charge in [-0.05, 0) is 52.2 Å². The summed E-state index contributed by atoms with van der Waals surface area (Å²) in [6, 6.07) is 2.11. The van der Waals surface area contributed by atoms with Gasteiger partial charge in [-0.3, -0.25) is 4.79 Å². The van der Waals surface area contributed by atoms with E-state index >= 15 is 0 Å². The molecule has 24 heavy (non-hydrogen) atoms. The molecule has 1 aliphatic carbocycles. The number of hydrogen-bond donors (Lipinski definition) is 1. The van der Waals surface area contributed by atoms with Gasteiger partial charge in [-0.2, -0.15) is 0 Å². The third kappa shape index (κ3) is 2.81. The zero-order chi connectivity index (χ0) is 17.4. The highest BCUT2D eigenvalue weighted by Gasteiger charge is 2.39. The van der Waals surface area contributed by atoms with Gasteiger partial charge in [-0.25, -0.2) is 4.79 Å². The number of carbonyl (C=O) groups excluding carboxylic acids is 2. The number of thiophene rings is 1. The number of carbonyl (C=O) groups is 2. The lowest BCUT2D eigenvalue weighted by Gasteiger charge is -2.34. The second-order valence-corrected chi connectivity index (χ2v) is 7.82. The van der Waals surface area contributed by atoms with E-state index in [9.17, 15) is 9.59 Å². The topological polar surface area (TPSA) is 55.4 Å². The highest BCUT2D eigenvalue weighted by molar-refractivity contribution is 7.12. The molecule has 2 aliphatic rings. The summed E-state index contributed by atoms with van der Waals surface area (Å²) in [5.74, 6) is -0.495. The van der Waals surface area contributed by atoms with E-state index in [2.05, 4.69) is 25.2 Å². The summed E-state index contributed by atoms with van der Waals surface area (Å²) >= 11 is 1.70. The number of ketones is 1. The van der Waals surface area contributed by atoms with Crippen LogP contribution in [0.15, 0.2) is 28.6 Å². The first-order valence-electron chi connectivity index (χ1n) is 8.42. The van der Waals surface area contributed by atoms with Gasteiger partial charge in [0, 0.05) is 39.1 Å². The summed E-state index contributed by atoms with van der Waals surface area (Å²) in [7, 11) is 0. The van der Waals surface area contributed by atoms with E-state index in [1.54, 1.807) is 18.3 Å². The number of ether oxygens (including phenoxy) is 1. The quantitative estimate of drug-likeness (QED) is 0.844. The minimum absolute atomic E-state index is 0.145. The Hall–Kier alpha value is -1.88. The number of dihydropyridines is 1. The zero-order valence-corrected chi connectivity index (χ0v) is 15.4. The number of Topliss-reactive ketones (excluding diaryl/α,β-unsaturated/α-hetero) is 1. The molecule has 128 valence electrons. The van der Waals surface area contributed by atoms with Crippen molar-refractivity contribution in [1.29, 1.82) is 0 Å². The minimum atomic E-state index is -0.333.